The highest BCUT2D eigenvalue weighted by molar-refractivity contribution is 5.99. The van der Waals surface area contributed by atoms with E-state index in [1.54, 1.807) is 4.90 Å². The number of methoxy groups -OCH3 is 1. The largest absolute Gasteiger partial charge is 0.496 e. The molecule has 0 unspecified atom stereocenters. The number of carbonyl (C=O) groups excluding carboxylic acids is 2. The van der Waals surface area contributed by atoms with E-state index in [1.807, 2.05) is 0 Å². The number of nitrogens with one attached hydrogen (secondary N) is 2. The minimum atomic E-state index is -0.679. The summed E-state index contributed by atoms with van der Waals surface area (Å²) in [7, 11) is 1.36. The van der Waals surface area contributed by atoms with Crippen molar-refractivity contribution in [3.05, 3.63) is 29.6 Å². The van der Waals surface area contributed by atoms with Gasteiger partial charge in [0.1, 0.15) is 17.1 Å². The highest BCUT2D eigenvalue weighted by Gasteiger charge is 2.20. The van der Waals surface area contributed by atoms with Crippen LogP contribution in [0.15, 0.2) is 18.2 Å². The van der Waals surface area contributed by atoms with Crippen LogP contribution >= 0.6 is 0 Å². The van der Waals surface area contributed by atoms with Crippen molar-refractivity contribution >= 4 is 11.8 Å². The third-order valence-corrected chi connectivity index (χ3v) is 3.29. The normalized spacial score (nSPS) is 14.7. The molecule has 1 fully saturated rings. The van der Waals surface area contributed by atoms with E-state index in [-0.39, 0.29) is 23.8 Å². The predicted molar refractivity (Wildman–Crippen MR) is 74.7 cm³/mol. The minimum Gasteiger partial charge on any atom is -0.496 e. The minimum absolute atomic E-state index is 0.141. The van der Waals surface area contributed by atoms with Crippen molar-refractivity contribution in [1.82, 2.24) is 15.5 Å². The van der Waals surface area contributed by atoms with Crippen molar-refractivity contribution < 1.29 is 18.7 Å². The van der Waals surface area contributed by atoms with Crippen LogP contribution in [0.4, 0.5) is 4.39 Å². The molecule has 7 heteroatoms. The number of carbonyl (C=O) groups is 2. The molecule has 0 bridgehead atoms. The Morgan fingerprint density at radius 3 is 2.76 bits per heavy atom. The summed E-state index contributed by atoms with van der Waals surface area (Å²) in [5, 5.41) is 5.58. The van der Waals surface area contributed by atoms with Crippen molar-refractivity contribution in [2.75, 3.05) is 39.8 Å². The molecule has 1 aliphatic rings. The maximum Gasteiger partial charge on any atom is 0.258 e. The zero-order valence-electron chi connectivity index (χ0n) is 11.8. The molecule has 0 aromatic heterocycles. The quantitative estimate of drug-likeness (QED) is 0.820. The molecule has 114 valence electrons. The van der Waals surface area contributed by atoms with Crippen LogP contribution in [0.3, 0.4) is 0 Å². The first kappa shape index (κ1) is 15.2. The smallest absolute Gasteiger partial charge is 0.258 e. The van der Waals surface area contributed by atoms with E-state index in [0.29, 0.717) is 13.1 Å². The molecule has 1 saturated heterocycles. The Kier molecular flexibility index (Phi) is 5.10. The number of ether oxygens (including phenoxy) is 1. The highest BCUT2D eigenvalue weighted by atomic mass is 19.1. The molecular weight excluding hydrogens is 277 g/mol. The fourth-order valence-corrected chi connectivity index (χ4v) is 2.17. The van der Waals surface area contributed by atoms with Crippen molar-refractivity contribution in [1.29, 1.82) is 0 Å². The fourth-order valence-electron chi connectivity index (χ4n) is 2.17. The molecule has 0 aliphatic carbocycles. The van der Waals surface area contributed by atoms with Gasteiger partial charge in [0, 0.05) is 26.2 Å². The van der Waals surface area contributed by atoms with Gasteiger partial charge in [0.2, 0.25) is 5.91 Å². The molecule has 1 aliphatic heterocycles. The Bertz CT molecular complexity index is 530. The van der Waals surface area contributed by atoms with Crippen molar-refractivity contribution in [3.63, 3.8) is 0 Å². The molecule has 1 aromatic rings. The molecule has 6 nitrogen and oxygen atoms in total. The predicted octanol–water partition coefficient (Wildman–Crippen LogP) is -0.00410. The summed E-state index contributed by atoms with van der Waals surface area (Å²) in [6.45, 7) is 2.54. The third-order valence-electron chi connectivity index (χ3n) is 3.29. The first-order valence-corrected chi connectivity index (χ1v) is 6.72. The van der Waals surface area contributed by atoms with Crippen LogP contribution in [0.2, 0.25) is 0 Å². The van der Waals surface area contributed by atoms with Crippen LogP contribution in [0.1, 0.15) is 10.4 Å². The lowest BCUT2D eigenvalue weighted by Crippen LogP contribution is -2.49. The first-order chi connectivity index (χ1) is 10.1. The van der Waals surface area contributed by atoms with Crippen LogP contribution in [-0.4, -0.2) is 56.5 Å². The van der Waals surface area contributed by atoms with Crippen LogP contribution in [0.5, 0.6) is 5.75 Å². The Hall–Kier alpha value is -2.15. The second kappa shape index (κ2) is 7.03. The number of hydrogen-bond donors (Lipinski definition) is 2. The van der Waals surface area contributed by atoms with Crippen molar-refractivity contribution in [3.8, 4) is 5.75 Å². The zero-order valence-corrected chi connectivity index (χ0v) is 11.8. The van der Waals surface area contributed by atoms with E-state index in [4.69, 9.17) is 4.74 Å². The summed E-state index contributed by atoms with van der Waals surface area (Å²) < 4.78 is 18.7. The van der Waals surface area contributed by atoms with E-state index < -0.39 is 11.7 Å². The molecule has 2 amide bonds. The Balaban J connectivity index is 1.97. The lowest BCUT2D eigenvalue weighted by molar-refractivity contribution is -0.130. The Morgan fingerprint density at radius 2 is 2.10 bits per heavy atom. The molecule has 2 N–H and O–H groups in total. The molecule has 21 heavy (non-hydrogen) atoms. The van der Waals surface area contributed by atoms with Gasteiger partial charge in [0.15, 0.2) is 0 Å². The van der Waals surface area contributed by atoms with Gasteiger partial charge in [0.25, 0.3) is 5.91 Å². The number of piperazine rings is 1. The number of hydrogen-bond acceptors (Lipinski definition) is 4. The van der Waals surface area contributed by atoms with Gasteiger partial charge in [-0.15, -0.1) is 0 Å². The summed E-state index contributed by atoms with van der Waals surface area (Å²) in [6, 6.07) is 4.13. The molecule has 1 heterocycles. The first-order valence-electron chi connectivity index (χ1n) is 6.72. The molecule has 0 radical (unpaired) electrons. The van der Waals surface area contributed by atoms with Gasteiger partial charge in [0.05, 0.1) is 13.7 Å². The topological polar surface area (TPSA) is 70.7 Å². The van der Waals surface area contributed by atoms with Gasteiger partial charge >= 0.3 is 0 Å². The number of amides is 2. The van der Waals surface area contributed by atoms with Gasteiger partial charge in [-0.2, -0.15) is 0 Å². The standard InChI is InChI=1S/C14H18FN3O3/c1-21-11-4-2-3-10(15)13(11)14(20)17-9-12(19)18-7-5-16-6-8-18/h2-4,16H,5-9H2,1H3,(H,17,20). The van der Waals surface area contributed by atoms with Gasteiger partial charge in [-0.3, -0.25) is 9.59 Å². The number of halogens is 1. The molecule has 0 saturated carbocycles. The van der Waals surface area contributed by atoms with Crippen LogP contribution in [0, 0.1) is 5.82 Å². The van der Waals surface area contributed by atoms with E-state index in [9.17, 15) is 14.0 Å². The van der Waals surface area contributed by atoms with E-state index in [1.165, 1.54) is 25.3 Å². The molecular formula is C14H18FN3O3. The SMILES string of the molecule is COc1cccc(F)c1C(=O)NCC(=O)N1CCNCC1. The number of benzene rings is 1. The van der Waals surface area contributed by atoms with Gasteiger partial charge < -0.3 is 20.3 Å². The van der Waals surface area contributed by atoms with Crippen LogP contribution < -0.4 is 15.4 Å². The Morgan fingerprint density at radius 1 is 1.38 bits per heavy atom. The van der Waals surface area contributed by atoms with Gasteiger partial charge in [-0.05, 0) is 12.1 Å². The summed E-state index contributed by atoms with van der Waals surface area (Å²) in [5.41, 5.74) is -0.187. The summed E-state index contributed by atoms with van der Waals surface area (Å²) >= 11 is 0. The summed E-state index contributed by atoms with van der Waals surface area (Å²) in [5.74, 6) is -1.38. The molecule has 0 spiro atoms. The van der Waals surface area contributed by atoms with E-state index >= 15 is 0 Å². The number of nitrogens with zero attached hydrogens (tertiary/aromatic N) is 1. The zero-order chi connectivity index (χ0) is 15.2. The highest BCUT2D eigenvalue weighted by Crippen LogP contribution is 2.20. The lowest BCUT2D eigenvalue weighted by atomic mass is 10.1. The Labute approximate surface area is 122 Å². The van der Waals surface area contributed by atoms with Crippen LogP contribution in [-0.2, 0) is 4.79 Å². The second-order valence-electron chi connectivity index (χ2n) is 4.63. The van der Waals surface area contributed by atoms with E-state index in [2.05, 4.69) is 10.6 Å². The monoisotopic (exact) mass is 295 g/mol. The number of rotatable bonds is 4. The van der Waals surface area contributed by atoms with Gasteiger partial charge in [-0.25, -0.2) is 4.39 Å². The lowest BCUT2D eigenvalue weighted by Gasteiger charge is -2.27. The molecule has 1 aromatic carbocycles. The second-order valence-corrected chi connectivity index (χ2v) is 4.63. The fraction of sp³-hybridized carbons (Fsp3) is 0.429. The molecule has 0 atom stereocenters. The van der Waals surface area contributed by atoms with Crippen molar-refractivity contribution in [2.24, 2.45) is 0 Å². The maximum absolute atomic E-state index is 13.7. The maximum atomic E-state index is 13.7. The van der Waals surface area contributed by atoms with Crippen LogP contribution in [0.25, 0.3) is 0 Å². The van der Waals surface area contributed by atoms with Crippen molar-refractivity contribution in [2.45, 2.75) is 0 Å². The average Bonchev–Trinajstić information content (AvgIpc) is 2.52. The van der Waals surface area contributed by atoms with Gasteiger partial charge in [-0.1, -0.05) is 6.07 Å². The summed E-state index contributed by atoms with van der Waals surface area (Å²) in [6.07, 6.45) is 0. The molecule has 2 rings (SSSR count). The summed E-state index contributed by atoms with van der Waals surface area (Å²) in [4.78, 5) is 25.6. The van der Waals surface area contributed by atoms with E-state index in [0.717, 1.165) is 13.1 Å². The third kappa shape index (κ3) is 3.69. The average molecular weight is 295 g/mol.